The number of anilines is 1. The van der Waals surface area contributed by atoms with Gasteiger partial charge in [-0.05, 0) is 30.7 Å². The number of hydrazine groups is 1. The van der Waals surface area contributed by atoms with Crippen LogP contribution in [-0.2, 0) is 10.0 Å². The van der Waals surface area contributed by atoms with Gasteiger partial charge in [0.2, 0.25) is 10.0 Å². The van der Waals surface area contributed by atoms with E-state index in [-0.39, 0.29) is 19.0 Å². The van der Waals surface area contributed by atoms with Gasteiger partial charge in [-0.2, -0.15) is 0 Å². The Labute approximate surface area is 112 Å². The fourth-order valence-electron chi connectivity index (χ4n) is 1.52. The summed E-state index contributed by atoms with van der Waals surface area (Å²) < 4.78 is 23.9. The largest absolute Gasteiger partial charge is 0.351 e. The first kappa shape index (κ1) is 15.4. The van der Waals surface area contributed by atoms with Gasteiger partial charge in [0.1, 0.15) is 0 Å². The molecule has 0 fully saturated rings. The Morgan fingerprint density at radius 2 is 2.00 bits per heavy atom. The molecule has 1 amide bonds. The van der Waals surface area contributed by atoms with Crippen LogP contribution < -0.4 is 21.3 Å². The van der Waals surface area contributed by atoms with Gasteiger partial charge in [-0.1, -0.05) is 0 Å². The molecule has 1 rings (SSSR count). The lowest BCUT2D eigenvalue weighted by Crippen LogP contribution is -2.34. The highest BCUT2D eigenvalue weighted by molar-refractivity contribution is 7.88. The van der Waals surface area contributed by atoms with Crippen LogP contribution in [-0.4, -0.2) is 33.7 Å². The van der Waals surface area contributed by atoms with Crippen molar-refractivity contribution in [2.24, 2.45) is 5.84 Å². The highest BCUT2D eigenvalue weighted by Gasteiger charge is 2.09. The Morgan fingerprint density at radius 1 is 1.32 bits per heavy atom. The number of aryl methyl sites for hydroxylation is 1. The maximum Gasteiger partial charge on any atom is 0.251 e. The quantitative estimate of drug-likeness (QED) is 0.322. The average Bonchev–Trinajstić information content (AvgIpc) is 2.33. The van der Waals surface area contributed by atoms with Gasteiger partial charge in [-0.15, -0.1) is 0 Å². The van der Waals surface area contributed by atoms with Crippen LogP contribution in [0.2, 0.25) is 0 Å². The zero-order chi connectivity index (χ0) is 14.5. The van der Waals surface area contributed by atoms with Crippen LogP contribution >= 0.6 is 0 Å². The number of rotatable bonds is 6. The SMILES string of the molecule is Cc1cc(NN)ccc1C(=O)NCCNS(C)(=O)=O. The standard InChI is InChI=1S/C11H18N4O3S/c1-8-7-9(15-12)3-4-10(8)11(16)13-5-6-14-19(2,17)18/h3-4,7,14-15H,5-6,12H2,1-2H3,(H,13,16). The van der Waals surface area contributed by atoms with Gasteiger partial charge in [0, 0.05) is 24.3 Å². The minimum Gasteiger partial charge on any atom is -0.351 e. The second-order valence-corrected chi connectivity index (χ2v) is 5.93. The zero-order valence-corrected chi connectivity index (χ0v) is 11.7. The first-order chi connectivity index (χ1) is 8.83. The summed E-state index contributed by atoms with van der Waals surface area (Å²) in [4.78, 5) is 11.8. The van der Waals surface area contributed by atoms with Crippen molar-refractivity contribution in [1.29, 1.82) is 0 Å². The van der Waals surface area contributed by atoms with Crippen molar-refractivity contribution in [1.82, 2.24) is 10.0 Å². The van der Waals surface area contributed by atoms with E-state index < -0.39 is 10.0 Å². The maximum absolute atomic E-state index is 11.8. The summed E-state index contributed by atoms with van der Waals surface area (Å²) in [5.74, 6) is 5.01. The van der Waals surface area contributed by atoms with Gasteiger partial charge in [0.05, 0.1) is 6.26 Å². The number of hydrogen-bond donors (Lipinski definition) is 4. The summed E-state index contributed by atoms with van der Waals surface area (Å²) >= 11 is 0. The third-order valence-corrected chi connectivity index (χ3v) is 3.14. The van der Waals surface area contributed by atoms with E-state index in [2.05, 4.69) is 15.5 Å². The van der Waals surface area contributed by atoms with E-state index in [4.69, 9.17) is 5.84 Å². The number of carbonyl (C=O) groups excluding carboxylic acids is 1. The normalized spacial score (nSPS) is 11.1. The number of carbonyl (C=O) groups is 1. The predicted octanol–water partition coefficient (Wildman–Crippen LogP) is -0.440. The Balaban J connectivity index is 2.54. The number of nitrogens with one attached hydrogen (secondary N) is 3. The van der Waals surface area contributed by atoms with Crippen molar-refractivity contribution >= 4 is 21.6 Å². The van der Waals surface area contributed by atoms with Crippen LogP contribution in [0.4, 0.5) is 5.69 Å². The molecule has 5 N–H and O–H groups in total. The Bertz CT molecular complexity index is 557. The van der Waals surface area contributed by atoms with E-state index in [1.54, 1.807) is 25.1 Å². The molecular weight excluding hydrogens is 268 g/mol. The molecule has 106 valence electrons. The predicted molar refractivity (Wildman–Crippen MR) is 74.2 cm³/mol. The number of sulfonamides is 1. The molecule has 0 aliphatic heterocycles. The van der Waals surface area contributed by atoms with E-state index in [1.807, 2.05) is 0 Å². The van der Waals surface area contributed by atoms with Crippen LogP contribution in [0.5, 0.6) is 0 Å². The van der Waals surface area contributed by atoms with Gasteiger partial charge >= 0.3 is 0 Å². The average molecular weight is 286 g/mol. The van der Waals surface area contributed by atoms with Crippen LogP contribution in [0.25, 0.3) is 0 Å². The first-order valence-electron chi connectivity index (χ1n) is 5.63. The minimum atomic E-state index is -3.23. The number of hydrogen-bond acceptors (Lipinski definition) is 5. The molecule has 0 aromatic heterocycles. The van der Waals surface area contributed by atoms with Crippen LogP contribution in [0.1, 0.15) is 15.9 Å². The molecule has 0 aliphatic rings. The molecule has 0 bridgehead atoms. The lowest BCUT2D eigenvalue weighted by molar-refractivity contribution is 0.0953. The summed E-state index contributed by atoms with van der Waals surface area (Å²) in [6, 6.07) is 5.10. The van der Waals surface area contributed by atoms with Crippen molar-refractivity contribution in [3.8, 4) is 0 Å². The molecular formula is C11H18N4O3S. The van der Waals surface area contributed by atoms with Crippen molar-refractivity contribution < 1.29 is 13.2 Å². The minimum absolute atomic E-state index is 0.159. The molecule has 7 nitrogen and oxygen atoms in total. The summed E-state index contributed by atoms with van der Waals surface area (Å²) in [5, 5.41) is 2.63. The maximum atomic E-state index is 11.8. The van der Waals surface area contributed by atoms with E-state index in [9.17, 15) is 13.2 Å². The number of nitrogens with two attached hydrogens (primary N) is 1. The van der Waals surface area contributed by atoms with Crippen LogP contribution in [0.3, 0.4) is 0 Å². The first-order valence-corrected chi connectivity index (χ1v) is 7.53. The Kier molecular flexibility index (Phi) is 5.28. The molecule has 0 atom stereocenters. The van der Waals surface area contributed by atoms with E-state index in [0.717, 1.165) is 11.8 Å². The highest BCUT2D eigenvalue weighted by Crippen LogP contribution is 2.13. The summed E-state index contributed by atoms with van der Waals surface area (Å²) in [5.41, 5.74) is 4.52. The lowest BCUT2D eigenvalue weighted by atomic mass is 10.1. The number of benzene rings is 1. The third kappa shape index (κ3) is 5.25. The monoisotopic (exact) mass is 286 g/mol. The molecule has 0 heterocycles. The van der Waals surface area contributed by atoms with Gasteiger partial charge in [-0.3, -0.25) is 10.6 Å². The fourth-order valence-corrected chi connectivity index (χ4v) is 1.99. The molecule has 19 heavy (non-hydrogen) atoms. The highest BCUT2D eigenvalue weighted by atomic mass is 32.2. The molecule has 0 saturated carbocycles. The summed E-state index contributed by atoms with van der Waals surface area (Å²) in [6.07, 6.45) is 1.07. The van der Waals surface area contributed by atoms with Crippen LogP contribution in [0.15, 0.2) is 18.2 Å². The molecule has 8 heteroatoms. The summed E-state index contributed by atoms with van der Waals surface area (Å²) in [7, 11) is -3.23. The molecule has 0 spiro atoms. The van der Waals surface area contributed by atoms with E-state index in [1.165, 1.54) is 0 Å². The van der Waals surface area contributed by atoms with Crippen molar-refractivity contribution in [2.75, 3.05) is 24.8 Å². The molecule has 0 aliphatic carbocycles. The van der Waals surface area contributed by atoms with Crippen molar-refractivity contribution in [3.63, 3.8) is 0 Å². The van der Waals surface area contributed by atoms with E-state index >= 15 is 0 Å². The second-order valence-electron chi connectivity index (χ2n) is 4.10. The van der Waals surface area contributed by atoms with Gasteiger partial charge < -0.3 is 10.7 Å². The van der Waals surface area contributed by atoms with E-state index in [0.29, 0.717) is 11.3 Å². The molecule has 0 unspecified atom stereocenters. The smallest absolute Gasteiger partial charge is 0.251 e. The number of nitrogen functional groups attached to an aromatic ring is 1. The molecule has 0 saturated heterocycles. The third-order valence-electron chi connectivity index (χ3n) is 2.41. The van der Waals surface area contributed by atoms with Crippen LogP contribution in [0, 0.1) is 6.92 Å². The molecule has 1 aromatic rings. The Morgan fingerprint density at radius 3 is 2.53 bits per heavy atom. The number of amides is 1. The van der Waals surface area contributed by atoms with Gasteiger partial charge in [0.25, 0.3) is 5.91 Å². The van der Waals surface area contributed by atoms with Gasteiger partial charge in [0.15, 0.2) is 0 Å². The molecule has 0 radical (unpaired) electrons. The zero-order valence-electron chi connectivity index (χ0n) is 10.9. The van der Waals surface area contributed by atoms with Crippen molar-refractivity contribution in [2.45, 2.75) is 6.92 Å². The molecule has 1 aromatic carbocycles. The second kappa shape index (κ2) is 6.50. The fraction of sp³-hybridized carbons (Fsp3) is 0.364. The Hall–Kier alpha value is -1.64. The lowest BCUT2D eigenvalue weighted by Gasteiger charge is -2.09. The van der Waals surface area contributed by atoms with Crippen molar-refractivity contribution in [3.05, 3.63) is 29.3 Å². The summed E-state index contributed by atoms with van der Waals surface area (Å²) in [6.45, 7) is 2.18. The topological polar surface area (TPSA) is 113 Å². The van der Waals surface area contributed by atoms with Gasteiger partial charge in [-0.25, -0.2) is 13.1 Å².